The first-order valence-electron chi connectivity index (χ1n) is 5.75. The summed E-state index contributed by atoms with van der Waals surface area (Å²) in [5.74, 6) is 0. The van der Waals surface area contributed by atoms with E-state index in [-0.39, 0.29) is 0 Å². The molecule has 1 aliphatic heterocycles. The number of rotatable bonds is 2. The zero-order chi connectivity index (χ0) is 11.8. The summed E-state index contributed by atoms with van der Waals surface area (Å²) in [6.45, 7) is 3.07. The van der Waals surface area contributed by atoms with Crippen LogP contribution in [0.15, 0.2) is 22.6 Å². The third-order valence-electron chi connectivity index (χ3n) is 3.17. The van der Waals surface area contributed by atoms with Crippen molar-refractivity contribution < 1.29 is 4.42 Å². The number of halogens is 1. The molecule has 0 amide bonds. The van der Waals surface area contributed by atoms with Gasteiger partial charge in [0.25, 0.3) is 4.84 Å². The molecule has 1 aromatic heterocycles. The fourth-order valence-electron chi connectivity index (χ4n) is 2.29. The quantitative estimate of drug-likeness (QED) is 0.776. The van der Waals surface area contributed by atoms with Crippen LogP contribution in [0.5, 0.6) is 0 Å². The first-order valence-corrected chi connectivity index (χ1v) is 6.54. The minimum atomic E-state index is 0.522. The molecular formula is C12H13ClN2OS. The Kier molecular flexibility index (Phi) is 2.94. The molecule has 0 unspecified atom stereocenters. The summed E-state index contributed by atoms with van der Waals surface area (Å²) >= 11 is 11.3. The maximum absolute atomic E-state index is 6.01. The summed E-state index contributed by atoms with van der Waals surface area (Å²) in [7, 11) is 0. The van der Waals surface area contributed by atoms with Gasteiger partial charge < -0.3 is 4.42 Å². The van der Waals surface area contributed by atoms with Gasteiger partial charge in [0.1, 0.15) is 0 Å². The zero-order valence-electron chi connectivity index (χ0n) is 9.36. The van der Waals surface area contributed by atoms with Crippen LogP contribution >= 0.6 is 23.8 Å². The van der Waals surface area contributed by atoms with E-state index in [2.05, 4.69) is 4.90 Å². The highest BCUT2D eigenvalue weighted by atomic mass is 35.5. The van der Waals surface area contributed by atoms with Gasteiger partial charge in [0, 0.05) is 5.02 Å². The number of nitrogens with zero attached hydrogens (tertiary/aromatic N) is 2. The lowest BCUT2D eigenvalue weighted by molar-refractivity contribution is 0.267. The Morgan fingerprint density at radius 1 is 1.29 bits per heavy atom. The molecule has 2 heterocycles. The fraction of sp³-hybridized carbons (Fsp3) is 0.417. The second kappa shape index (κ2) is 4.44. The van der Waals surface area contributed by atoms with Crippen LogP contribution in [0, 0.1) is 4.84 Å². The molecule has 0 saturated carbocycles. The molecule has 0 aliphatic carbocycles. The second-order valence-electron chi connectivity index (χ2n) is 4.37. The molecule has 0 atom stereocenters. The van der Waals surface area contributed by atoms with Crippen LogP contribution in [0.2, 0.25) is 5.02 Å². The van der Waals surface area contributed by atoms with E-state index in [1.165, 1.54) is 12.8 Å². The summed E-state index contributed by atoms with van der Waals surface area (Å²) < 4.78 is 7.57. The van der Waals surface area contributed by atoms with Gasteiger partial charge in [-0.1, -0.05) is 11.6 Å². The van der Waals surface area contributed by atoms with Crippen LogP contribution in [-0.4, -0.2) is 22.6 Å². The van der Waals surface area contributed by atoms with Crippen molar-refractivity contribution in [1.82, 2.24) is 9.47 Å². The molecule has 1 saturated heterocycles. The number of hydrogen-bond donors (Lipinski definition) is 0. The van der Waals surface area contributed by atoms with E-state index < -0.39 is 0 Å². The van der Waals surface area contributed by atoms with E-state index in [0.717, 1.165) is 30.9 Å². The van der Waals surface area contributed by atoms with Crippen molar-refractivity contribution in [3.63, 3.8) is 0 Å². The number of fused-ring (bicyclic) bond motifs is 1. The van der Waals surface area contributed by atoms with Gasteiger partial charge in [-0.05, 0) is 56.3 Å². The van der Waals surface area contributed by atoms with E-state index in [1.54, 1.807) is 0 Å². The number of oxazole rings is 1. The average Bonchev–Trinajstić information content (AvgIpc) is 2.90. The highest BCUT2D eigenvalue weighted by Crippen LogP contribution is 2.22. The number of likely N-dealkylation sites (tertiary alicyclic amines) is 1. The van der Waals surface area contributed by atoms with E-state index in [0.29, 0.717) is 9.86 Å². The molecule has 0 spiro atoms. The molecular weight excluding hydrogens is 256 g/mol. The summed E-state index contributed by atoms with van der Waals surface area (Å²) in [6, 6.07) is 5.60. The minimum absolute atomic E-state index is 0.522. The average molecular weight is 269 g/mol. The molecule has 1 fully saturated rings. The number of hydrogen-bond acceptors (Lipinski definition) is 3. The van der Waals surface area contributed by atoms with Gasteiger partial charge in [0.15, 0.2) is 5.58 Å². The molecule has 3 nitrogen and oxygen atoms in total. The molecule has 0 N–H and O–H groups in total. The largest absolute Gasteiger partial charge is 0.429 e. The van der Waals surface area contributed by atoms with Crippen molar-refractivity contribution in [1.29, 1.82) is 0 Å². The van der Waals surface area contributed by atoms with E-state index in [1.807, 2.05) is 22.8 Å². The lowest BCUT2D eigenvalue weighted by Gasteiger charge is -2.15. The SMILES string of the molecule is S=c1oc2ccc(Cl)cc2n1CN1CCCC1. The van der Waals surface area contributed by atoms with Gasteiger partial charge in [-0.15, -0.1) is 0 Å². The van der Waals surface area contributed by atoms with Gasteiger partial charge >= 0.3 is 0 Å². The van der Waals surface area contributed by atoms with Crippen molar-refractivity contribution in [3.8, 4) is 0 Å². The molecule has 0 bridgehead atoms. The monoisotopic (exact) mass is 268 g/mol. The predicted molar refractivity (Wildman–Crippen MR) is 70.9 cm³/mol. The first kappa shape index (κ1) is 11.3. The Hall–Kier alpha value is -0.840. The molecule has 0 radical (unpaired) electrons. The highest BCUT2D eigenvalue weighted by Gasteiger charge is 2.15. The summed E-state index contributed by atoms with van der Waals surface area (Å²) in [4.78, 5) is 2.90. The normalized spacial score (nSPS) is 17.0. The van der Waals surface area contributed by atoms with Crippen LogP contribution in [0.1, 0.15) is 12.8 Å². The number of aromatic nitrogens is 1. The van der Waals surface area contributed by atoms with Gasteiger partial charge in [-0.25, -0.2) is 0 Å². The third-order valence-corrected chi connectivity index (χ3v) is 3.71. The Balaban J connectivity index is 2.04. The van der Waals surface area contributed by atoms with E-state index in [9.17, 15) is 0 Å². The van der Waals surface area contributed by atoms with Crippen LogP contribution < -0.4 is 0 Å². The predicted octanol–water partition coefficient (Wildman–Crippen LogP) is 3.67. The van der Waals surface area contributed by atoms with Gasteiger partial charge in [-0.3, -0.25) is 9.47 Å². The second-order valence-corrected chi connectivity index (χ2v) is 5.16. The number of benzene rings is 1. The smallest absolute Gasteiger partial charge is 0.270 e. The molecule has 1 aliphatic rings. The maximum Gasteiger partial charge on any atom is 0.270 e. The van der Waals surface area contributed by atoms with Crippen molar-refractivity contribution in [2.24, 2.45) is 0 Å². The zero-order valence-corrected chi connectivity index (χ0v) is 10.9. The molecule has 90 valence electrons. The van der Waals surface area contributed by atoms with E-state index >= 15 is 0 Å². The Morgan fingerprint density at radius 2 is 2.06 bits per heavy atom. The van der Waals surface area contributed by atoms with Crippen LogP contribution in [0.3, 0.4) is 0 Å². The Bertz CT molecular complexity index is 598. The molecule has 5 heteroatoms. The summed E-state index contributed by atoms with van der Waals surface area (Å²) in [5.41, 5.74) is 1.79. The van der Waals surface area contributed by atoms with Crippen LogP contribution in [-0.2, 0) is 6.67 Å². The van der Waals surface area contributed by atoms with Gasteiger partial charge in [0.05, 0.1) is 12.2 Å². The van der Waals surface area contributed by atoms with Crippen molar-refractivity contribution in [3.05, 3.63) is 28.1 Å². The van der Waals surface area contributed by atoms with Crippen LogP contribution in [0.25, 0.3) is 11.1 Å². The lowest BCUT2D eigenvalue weighted by Crippen LogP contribution is -2.22. The van der Waals surface area contributed by atoms with Crippen molar-refractivity contribution in [2.75, 3.05) is 13.1 Å². The summed E-state index contributed by atoms with van der Waals surface area (Å²) in [6.07, 6.45) is 2.54. The van der Waals surface area contributed by atoms with Crippen molar-refractivity contribution >= 4 is 34.9 Å². The minimum Gasteiger partial charge on any atom is -0.429 e. The molecule has 17 heavy (non-hydrogen) atoms. The van der Waals surface area contributed by atoms with Crippen molar-refractivity contribution in [2.45, 2.75) is 19.5 Å². The van der Waals surface area contributed by atoms with Crippen LogP contribution in [0.4, 0.5) is 0 Å². The first-order chi connectivity index (χ1) is 8.24. The maximum atomic E-state index is 6.01. The standard InChI is InChI=1S/C12H13ClN2OS/c13-9-3-4-11-10(7-9)15(12(17)16-11)8-14-5-1-2-6-14/h3-4,7H,1-2,5-6,8H2. The van der Waals surface area contributed by atoms with E-state index in [4.69, 9.17) is 28.2 Å². The topological polar surface area (TPSA) is 21.3 Å². The Morgan fingerprint density at radius 3 is 2.82 bits per heavy atom. The van der Waals surface area contributed by atoms with Gasteiger partial charge in [-0.2, -0.15) is 0 Å². The molecule has 3 rings (SSSR count). The Labute approximate surface area is 110 Å². The highest BCUT2D eigenvalue weighted by molar-refractivity contribution is 7.71. The fourth-order valence-corrected chi connectivity index (χ4v) is 2.71. The molecule has 1 aromatic carbocycles. The van der Waals surface area contributed by atoms with Gasteiger partial charge in [0.2, 0.25) is 0 Å². The molecule has 2 aromatic rings. The third kappa shape index (κ3) is 2.12. The lowest BCUT2D eigenvalue weighted by atomic mass is 10.3. The summed E-state index contributed by atoms with van der Waals surface area (Å²) in [5, 5.41) is 0.712.